The SMILES string of the molecule is COCc1c(C(=O)OC(C)C)ncc2[nH]c3ccc(C#Cc4ccccn4)cc3c12. The zero-order valence-corrected chi connectivity index (χ0v) is 17.0. The molecule has 0 bridgehead atoms. The highest BCUT2D eigenvalue weighted by Crippen LogP contribution is 2.31. The molecule has 0 saturated heterocycles. The van der Waals surface area contributed by atoms with Gasteiger partial charge in [-0.1, -0.05) is 12.0 Å². The fraction of sp³-hybridized carbons (Fsp3) is 0.208. The Bertz CT molecular complexity index is 1280. The number of aromatic nitrogens is 3. The van der Waals surface area contributed by atoms with Gasteiger partial charge in [0.05, 0.1) is 24.4 Å². The topological polar surface area (TPSA) is 77.1 Å². The van der Waals surface area contributed by atoms with Crippen LogP contribution < -0.4 is 0 Å². The first-order valence-electron chi connectivity index (χ1n) is 9.63. The fourth-order valence-electron chi connectivity index (χ4n) is 3.34. The van der Waals surface area contributed by atoms with Gasteiger partial charge >= 0.3 is 5.97 Å². The van der Waals surface area contributed by atoms with E-state index in [1.165, 1.54) is 0 Å². The van der Waals surface area contributed by atoms with Crippen LogP contribution in [0.3, 0.4) is 0 Å². The van der Waals surface area contributed by atoms with Crippen molar-refractivity contribution in [3.63, 3.8) is 0 Å². The second-order valence-corrected chi connectivity index (χ2v) is 7.11. The fourth-order valence-corrected chi connectivity index (χ4v) is 3.34. The number of benzene rings is 1. The second kappa shape index (κ2) is 8.36. The van der Waals surface area contributed by atoms with Crippen molar-refractivity contribution >= 4 is 27.8 Å². The number of ether oxygens (including phenoxy) is 2. The zero-order valence-electron chi connectivity index (χ0n) is 17.0. The van der Waals surface area contributed by atoms with Crippen LogP contribution in [0.1, 0.15) is 41.2 Å². The van der Waals surface area contributed by atoms with Gasteiger partial charge in [0, 0.05) is 40.7 Å². The summed E-state index contributed by atoms with van der Waals surface area (Å²) in [7, 11) is 1.59. The van der Waals surface area contributed by atoms with E-state index in [2.05, 4.69) is 26.8 Å². The molecule has 0 unspecified atom stereocenters. The van der Waals surface area contributed by atoms with Gasteiger partial charge < -0.3 is 14.5 Å². The van der Waals surface area contributed by atoms with E-state index in [0.717, 1.165) is 27.4 Å². The number of nitrogens with one attached hydrogen (secondary N) is 1. The van der Waals surface area contributed by atoms with Gasteiger partial charge in [-0.05, 0) is 50.1 Å². The summed E-state index contributed by atoms with van der Waals surface area (Å²) in [4.78, 5) is 24.5. The molecule has 6 nitrogen and oxygen atoms in total. The minimum Gasteiger partial charge on any atom is -0.458 e. The third-order valence-electron chi connectivity index (χ3n) is 4.56. The number of esters is 1. The van der Waals surface area contributed by atoms with Crippen LogP contribution in [0.2, 0.25) is 0 Å². The number of carbonyl (C=O) groups excluding carboxylic acids is 1. The van der Waals surface area contributed by atoms with Gasteiger partial charge in [-0.2, -0.15) is 0 Å². The summed E-state index contributed by atoms with van der Waals surface area (Å²) in [6.07, 6.45) is 3.14. The van der Waals surface area contributed by atoms with Crippen LogP contribution in [0.25, 0.3) is 21.8 Å². The Morgan fingerprint density at radius 2 is 2.00 bits per heavy atom. The highest BCUT2D eigenvalue weighted by molar-refractivity contribution is 6.11. The van der Waals surface area contributed by atoms with Crippen LogP contribution in [-0.4, -0.2) is 34.1 Å². The monoisotopic (exact) mass is 399 g/mol. The van der Waals surface area contributed by atoms with Crippen molar-refractivity contribution in [3.8, 4) is 11.8 Å². The average Bonchev–Trinajstić information content (AvgIpc) is 3.11. The van der Waals surface area contributed by atoms with Crippen molar-refractivity contribution in [2.24, 2.45) is 0 Å². The number of carbonyl (C=O) groups is 1. The van der Waals surface area contributed by atoms with Crippen LogP contribution in [0.4, 0.5) is 0 Å². The summed E-state index contributed by atoms with van der Waals surface area (Å²) in [5, 5.41) is 1.84. The smallest absolute Gasteiger partial charge is 0.357 e. The molecule has 4 aromatic rings. The molecule has 3 heterocycles. The van der Waals surface area contributed by atoms with Gasteiger partial charge in [-0.25, -0.2) is 14.8 Å². The van der Waals surface area contributed by atoms with Gasteiger partial charge in [0.15, 0.2) is 5.69 Å². The maximum absolute atomic E-state index is 12.6. The Labute approximate surface area is 174 Å². The predicted molar refractivity (Wildman–Crippen MR) is 115 cm³/mol. The Morgan fingerprint density at radius 1 is 1.13 bits per heavy atom. The molecule has 6 heteroatoms. The summed E-state index contributed by atoms with van der Waals surface area (Å²) in [6, 6.07) is 11.6. The maximum atomic E-state index is 12.6. The van der Waals surface area contributed by atoms with Gasteiger partial charge in [-0.3, -0.25) is 0 Å². The first-order chi connectivity index (χ1) is 14.6. The van der Waals surface area contributed by atoms with E-state index in [9.17, 15) is 4.79 Å². The minimum atomic E-state index is -0.459. The van der Waals surface area contributed by atoms with Crippen molar-refractivity contribution in [2.45, 2.75) is 26.6 Å². The van der Waals surface area contributed by atoms with Crippen LogP contribution in [0.5, 0.6) is 0 Å². The molecule has 3 aromatic heterocycles. The predicted octanol–water partition coefficient (Wildman–Crippen LogP) is 4.22. The van der Waals surface area contributed by atoms with E-state index in [0.29, 0.717) is 11.3 Å². The number of aromatic amines is 1. The standard InChI is InChI=1S/C24H21N3O3/c1-15(2)30-24(28)23-19(14-29-3)22-18-12-16(7-9-17-6-4-5-11-25-17)8-10-20(18)27-21(22)13-26-23/h4-6,8,10-13,15,27H,14H2,1-3H3. The van der Waals surface area contributed by atoms with Crippen LogP contribution in [0, 0.1) is 11.8 Å². The highest BCUT2D eigenvalue weighted by Gasteiger charge is 2.21. The number of fused-ring (bicyclic) bond motifs is 3. The van der Waals surface area contributed by atoms with E-state index in [1.54, 1.807) is 19.5 Å². The molecule has 0 spiro atoms. The highest BCUT2D eigenvalue weighted by atomic mass is 16.5. The number of hydrogen-bond donors (Lipinski definition) is 1. The van der Waals surface area contributed by atoms with Gasteiger partial charge in [0.25, 0.3) is 0 Å². The van der Waals surface area contributed by atoms with E-state index in [-0.39, 0.29) is 18.4 Å². The summed E-state index contributed by atoms with van der Waals surface area (Å²) in [5.41, 5.74) is 4.28. The molecule has 0 aliphatic heterocycles. The van der Waals surface area contributed by atoms with E-state index < -0.39 is 5.97 Å². The Morgan fingerprint density at radius 3 is 2.73 bits per heavy atom. The number of methoxy groups -OCH3 is 1. The molecule has 4 rings (SSSR count). The van der Waals surface area contributed by atoms with Crippen molar-refractivity contribution in [1.29, 1.82) is 0 Å². The zero-order chi connectivity index (χ0) is 21.1. The molecule has 0 aliphatic carbocycles. The van der Waals surface area contributed by atoms with E-state index >= 15 is 0 Å². The van der Waals surface area contributed by atoms with Crippen LogP contribution in [0.15, 0.2) is 48.8 Å². The number of nitrogens with zero attached hydrogens (tertiary/aromatic N) is 2. The molecule has 1 aromatic carbocycles. The molecular formula is C24H21N3O3. The number of hydrogen-bond acceptors (Lipinski definition) is 5. The number of H-pyrrole nitrogens is 1. The largest absolute Gasteiger partial charge is 0.458 e. The van der Waals surface area contributed by atoms with Gasteiger partial charge in [0.2, 0.25) is 0 Å². The molecule has 0 atom stereocenters. The average molecular weight is 399 g/mol. The Hall–Kier alpha value is -3.69. The molecule has 0 amide bonds. The molecule has 0 aliphatic rings. The summed E-state index contributed by atoms with van der Waals surface area (Å²) >= 11 is 0. The molecular weight excluding hydrogens is 378 g/mol. The lowest BCUT2D eigenvalue weighted by atomic mass is 10.0. The van der Waals surface area contributed by atoms with Gasteiger partial charge in [-0.15, -0.1) is 0 Å². The lowest BCUT2D eigenvalue weighted by Gasteiger charge is -2.11. The van der Waals surface area contributed by atoms with E-state index in [4.69, 9.17) is 9.47 Å². The first-order valence-corrected chi connectivity index (χ1v) is 9.63. The van der Waals surface area contributed by atoms with E-state index in [1.807, 2.05) is 50.2 Å². The molecule has 0 fully saturated rings. The van der Waals surface area contributed by atoms with Crippen molar-refractivity contribution in [3.05, 3.63) is 71.3 Å². The van der Waals surface area contributed by atoms with Crippen molar-refractivity contribution in [1.82, 2.24) is 15.0 Å². The Kier molecular flexibility index (Phi) is 5.46. The molecule has 150 valence electrons. The first kappa shape index (κ1) is 19.6. The summed E-state index contributed by atoms with van der Waals surface area (Å²) in [6.45, 7) is 3.86. The maximum Gasteiger partial charge on any atom is 0.357 e. The lowest BCUT2D eigenvalue weighted by Crippen LogP contribution is -2.15. The third kappa shape index (κ3) is 3.88. The number of pyridine rings is 2. The second-order valence-electron chi connectivity index (χ2n) is 7.11. The number of rotatable bonds is 4. The molecule has 1 N–H and O–H groups in total. The summed E-state index contributed by atoms with van der Waals surface area (Å²) < 4.78 is 10.8. The third-order valence-corrected chi connectivity index (χ3v) is 4.56. The van der Waals surface area contributed by atoms with Crippen LogP contribution >= 0.6 is 0 Å². The minimum absolute atomic E-state index is 0.234. The summed E-state index contributed by atoms with van der Waals surface area (Å²) in [5.74, 6) is 5.77. The molecule has 0 saturated carbocycles. The molecule has 30 heavy (non-hydrogen) atoms. The van der Waals surface area contributed by atoms with Crippen molar-refractivity contribution in [2.75, 3.05) is 7.11 Å². The van der Waals surface area contributed by atoms with Crippen LogP contribution in [-0.2, 0) is 16.1 Å². The lowest BCUT2D eigenvalue weighted by molar-refractivity contribution is 0.0366. The molecule has 0 radical (unpaired) electrons. The quantitative estimate of drug-likeness (QED) is 0.411. The van der Waals surface area contributed by atoms with Crippen molar-refractivity contribution < 1.29 is 14.3 Å². The Balaban J connectivity index is 1.87. The van der Waals surface area contributed by atoms with Gasteiger partial charge in [0.1, 0.15) is 5.69 Å². The normalized spacial score (nSPS) is 10.9.